The Morgan fingerprint density at radius 3 is 3.06 bits per heavy atom. The third-order valence-corrected chi connectivity index (χ3v) is 3.27. The minimum absolute atomic E-state index is 0.301. The smallest absolute Gasteiger partial charge is 0.130 e. The molecule has 1 aliphatic carbocycles. The minimum atomic E-state index is -0.301. The van der Waals surface area contributed by atoms with Gasteiger partial charge in [0.1, 0.15) is 12.4 Å². The molecule has 1 heterocycles. The maximum absolute atomic E-state index is 9.73. The van der Waals surface area contributed by atoms with Gasteiger partial charge in [-0.1, -0.05) is 12.1 Å². The van der Waals surface area contributed by atoms with Gasteiger partial charge in [-0.25, -0.2) is 0 Å². The molecule has 1 aromatic carbocycles. The van der Waals surface area contributed by atoms with Gasteiger partial charge in [-0.3, -0.25) is 4.98 Å². The predicted octanol–water partition coefficient (Wildman–Crippen LogP) is 2.64. The summed E-state index contributed by atoms with van der Waals surface area (Å²) in [6.07, 6.45) is 3.21. The van der Waals surface area contributed by atoms with E-state index in [1.54, 1.807) is 6.20 Å². The van der Waals surface area contributed by atoms with Crippen LogP contribution < -0.4 is 4.74 Å². The molecule has 3 rings (SSSR count). The first-order valence-corrected chi connectivity index (χ1v) is 6.16. The lowest BCUT2D eigenvalue weighted by atomic mass is 10.1. The summed E-state index contributed by atoms with van der Waals surface area (Å²) in [7, 11) is 0. The Kier molecular flexibility index (Phi) is 2.99. The molecule has 1 N–H and O–H groups in total. The lowest BCUT2D eigenvalue weighted by Crippen LogP contribution is -1.98. The van der Waals surface area contributed by atoms with Gasteiger partial charge in [0.15, 0.2) is 0 Å². The van der Waals surface area contributed by atoms with Crippen molar-refractivity contribution in [2.45, 2.75) is 25.6 Å². The highest BCUT2D eigenvalue weighted by atomic mass is 16.5. The number of nitrogens with zero attached hydrogens (tertiary/aromatic N) is 1. The van der Waals surface area contributed by atoms with E-state index in [0.717, 1.165) is 29.8 Å². The Hall–Kier alpha value is -1.87. The Balaban J connectivity index is 1.71. The number of aryl methyl sites for hydroxylation is 1. The number of ether oxygens (including phenoxy) is 1. The number of benzene rings is 1. The summed E-state index contributed by atoms with van der Waals surface area (Å²) in [4.78, 5) is 4.21. The average molecular weight is 241 g/mol. The summed E-state index contributed by atoms with van der Waals surface area (Å²) < 4.78 is 5.71. The quantitative estimate of drug-likeness (QED) is 0.898. The summed E-state index contributed by atoms with van der Waals surface area (Å²) in [5, 5.41) is 9.73. The summed E-state index contributed by atoms with van der Waals surface area (Å²) in [5.41, 5.74) is 3.15. The van der Waals surface area contributed by atoms with E-state index in [4.69, 9.17) is 4.74 Å². The van der Waals surface area contributed by atoms with Crippen LogP contribution in [0.15, 0.2) is 42.6 Å². The van der Waals surface area contributed by atoms with Gasteiger partial charge >= 0.3 is 0 Å². The Bertz CT molecular complexity index is 539. The molecule has 2 aromatic rings. The summed E-state index contributed by atoms with van der Waals surface area (Å²) >= 11 is 0. The molecule has 3 heteroatoms. The van der Waals surface area contributed by atoms with Crippen LogP contribution in [0.3, 0.4) is 0 Å². The molecular formula is C15H15NO2. The van der Waals surface area contributed by atoms with Crippen LogP contribution in [-0.2, 0) is 13.0 Å². The van der Waals surface area contributed by atoms with Gasteiger partial charge in [0.05, 0.1) is 11.8 Å². The summed E-state index contributed by atoms with van der Waals surface area (Å²) in [5.74, 6) is 0.841. The number of fused-ring (bicyclic) bond motifs is 1. The normalized spacial score (nSPS) is 17.5. The highest BCUT2D eigenvalue weighted by Crippen LogP contribution is 2.33. The first-order valence-electron chi connectivity index (χ1n) is 6.16. The fourth-order valence-electron chi connectivity index (χ4n) is 2.30. The van der Waals surface area contributed by atoms with Crippen molar-refractivity contribution in [3.05, 3.63) is 59.4 Å². The topological polar surface area (TPSA) is 42.4 Å². The van der Waals surface area contributed by atoms with E-state index < -0.39 is 0 Å². The number of aromatic nitrogens is 1. The highest BCUT2D eigenvalue weighted by molar-refractivity contribution is 5.39. The molecule has 0 aliphatic heterocycles. The van der Waals surface area contributed by atoms with Crippen LogP contribution in [-0.4, -0.2) is 10.1 Å². The molecule has 0 saturated heterocycles. The Labute approximate surface area is 106 Å². The van der Waals surface area contributed by atoms with Crippen molar-refractivity contribution in [1.29, 1.82) is 0 Å². The molecular weight excluding hydrogens is 226 g/mol. The van der Waals surface area contributed by atoms with Crippen LogP contribution in [0.4, 0.5) is 0 Å². The van der Waals surface area contributed by atoms with E-state index in [0.29, 0.717) is 6.61 Å². The first-order chi connectivity index (χ1) is 8.83. The zero-order valence-corrected chi connectivity index (χ0v) is 10.0. The molecule has 0 radical (unpaired) electrons. The van der Waals surface area contributed by atoms with Crippen molar-refractivity contribution in [3.63, 3.8) is 0 Å². The number of pyridine rings is 1. The number of hydrogen-bond acceptors (Lipinski definition) is 3. The Morgan fingerprint density at radius 1 is 1.28 bits per heavy atom. The lowest BCUT2D eigenvalue weighted by molar-refractivity contribution is 0.180. The zero-order valence-electron chi connectivity index (χ0n) is 10.0. The monoisotopic (exact) mass is 241 g/mol. The van der Waals surface area contributed by atoms with Crippen molar-refractivity contribution in [2.75, 3.05) is 0 Å². The van der Waals surface area contributed by atoms with E-state index in [-0.39, 0.29) is 6.10 Å². The van der Waals surface area contributed by atoms with E-state index in [1.165, 1.54) is 5.56 Å². The number of aliphatic hydroxyl groups is 1. The Morgan fingerprint density at radius 2 is 2.22 bits per heavy atom. The fraction of sp³-hybridized carbons (Fsp3) is 0.267. The maximum Gasteiger partial charge on any atom is 0.130 e. The molecule has 18 heavy (non-hydrogen) atoms. The standard InChI is InChI=1S/C15H15NO2/c17-15-7-4-11-9-13(5-6-14(11)15)18-10-12-3-1-2-8-16-12/h1-3,5-6,8-9,15,17H,4,7,10H2/t15-/m0/s1. The zero-order chi connectivity index (χ0) is 12.4. The molecule has 3 nitrogen and oxygen atoms in total. The first kappa shape index (κ1) is 11.2. The van der Waals surface area contributed by atoms with Crippen LogP contribution in [0.25, 0.3) is 0 Å². The maximum atomic E-state index is 9.73. The third-order valence-electron chi connectivity index (χ3n) is 3.27. The van der Waals surface area contributed by atoms with E-state index >= 15 is 0 Å². The van der Waals surface area contributed by atoms with Gasteiger partial charge in [0.2, 0.25) is 0 Å². The molecule has 0 bridgehead atoms. The molecule has 92 valence electrons. The second-order valence-corrected chi connectivity index (χ2v) is 4.52. The minimum Gasteiger partial charge on any atom is -0.487 e. The predicted molar refractivity (Wildman–Crippen MR) is 68.3 cm³/mol. The second kappa shape index (κ2) is 4.78. The van der Waals surface area contributed by atoms with Crippen molar-refractivity contribution in [2.24, 2.45) is 0 Å². The molecule has 1 aromatic heterocycles. The number of aliphatic hydroxyl groups excluding tert-OH is 1. The van der Waals surface area contributed by atoms with Crippen LogP contribution in [0.1, 0.15) is 29.3 Å². The summed E-state index contributed by atoms with van der Waals surface area (Å²) in [6, 6.07) is 11.7. The van der Waals surface area contributed by atoms with Crippen molar-refractivity contribution in [3.8, 4) is 5.75 Å². The van der Waals surface area contributed by atoms with Gasteiger partial charge in [-0.2, -0.15) is 0 Å². The lowest BCUT2D eigenvalue weighted by Gasteiger charge is -2.08. The van der Waals surface area contributed by atoms with Gasteiger partial charge < -0.3 is 9.84 Å². The van der Waals surface area contributed by atoms with Crippen LogP contribution in [0.2, 0.25) is 0 Å². The molecule has 0 unspecified atom stereocenters. The van der Waals surface area contributed by atoms with Gasteiger partial charge in [0, 0.05) is 6.20 Å². The SMILES string of the molecule is O[C@H]1CCc2cc(OCc3ccccn3)ccc21. The number of hydrogen-bond donors (Lipinski definition) is 1. The third kappa shape index (κ3) is 2.22. The average Bonchev–Trinajstić information content (AvgIpc) is 2.79. The van der Waals surface area contributed by atoms with Gasteiger partial charge in [0.25, 0.3) is 0 Å². The molecule has 1 aliphatic rings. The highest BCUT2D eigenvalue weighted by Gasteiger charge is 2.20. The van der Waals surface area contributed by atoms with E-state index in [9.17, 15) is 5.11 Å². The van der Waals surface area contributed by atoms with Gasteiger partial charge in [-0.15, -0.1) is 0 Å². The van der Waals surface area contributed by atoms with Crippen LogP contribution >= 0.6 is 0 Å². The van der Waals surface area contributed by atoms with E-state index in [1.807, 2.05) is 36.4 Å². The molecule has 0 saturated carbocycles. The van der Waals surface area contributed by atoms with E-state index in [2.05, 4.69) is 4.98 Å². The second-order valence-electron chi connectivity index (χ2n) is 4.52. The van der Waals surface area contributed by atoms with Crippen molar-refractivity contribution < 1.29 is 9.84 Å². The number of rotatable bonds is 3. The van der Waals surface area contributed by atoms with Crippen LogP contribution in [0.5, 0.6) is 5.75 Å². The molecule has 0 spiro atoms. The fourth-order valence-corrected chi connectivity index (χ4v) is 2.30. The molecule has 0 fully saturated rings. The molecule has 0 amide bonds. The summed E-state index contributed by atoms with van der Waals surface area (Å²) in [6.45, 7) is 0.474. The van der Waals surface area contributed by atoms with Crippen molar-refractivity contribution in [1.82, 2.24) is 4.98 Å². The largest absolute Gasteiger partial charge is 0.487 e. The van der Waals surface area contributed by atoms with Crippen LogP contribution in [0, 0.1) is 0 Å². The van der Waals surface area contributed by atoms with Crippen molar-refractivity contribution >= 4 is 0 Å². The molecule has 1 atom stereocenters. The van der Waals surface area contributed by atoms with Gasteiger partial charge in [-0.05, 0) is 48.2 Å².